The quantitative estimate of drug-likeness (QED) is 0.0996. The van der Waals surface area contributed by atoms with E-state index in [0.29, 0.717) is 80.3 Å². The van der Waals surface area contributed by atoms with Crippen molar-refractivity contribution >= 4 is 23.5 Å². The summed E-state index contributed by atoms with van der Waals surface area (Å²) in [5.74, 6) is 0.345. The average Bonchev–Trinajstić information content (AvgIpc) is 3.68. The van der Waals surface area contributed by atoms with E-state index in [1.54, 1.807) is 25.2 Å². The number of benzene rings is 2. The molecular weight excluding hydrogens is 791 g/mol. The predicted molar refractivity (Wildman–Crippen MR) is 239 cm³/mol. The summed E-state index contributed by atoms with van der Waals surface area (Å²) in [5, 5.41) is 18.8. The normalized spacial score (nSPS) is 21.4. The van der Waals surface area contributed by atoms with Crippen LogP contribution in [0, 0.1) is 23.7 Å². The van der Waals surface area contributed by atoms with Gasteiger partial charge in [0.05, 0.1) is 62.4 Å². The zero-order valence-electron chi connectivity index (χ0n) is 37.9. The van der Waals surface area contributed by atoms with Gasteiger partial charge in [0.25, 0.3) is 5.91 Å². The molecule has 0 saturated heterocycles. The number of hydrogen-bond donors (Lipinski definition) is 3. The monoisotopic (exact) mass is 860 g/mol. The van der Waals surface area contributed by atoms with Crippen molar-refractivity contribution in [2.75, 3.05) is 99.4 Å². The molecule has 1 heterocycles. The van der Waals surface area contributed by atoms with Crippen LogP contribution in [0.5, 0.6) is 11.5 Å². The van der Waals surface area contributed by atoms with Crippen molar-refractivity contribution in [2.24, 2.45) is 29.4 Å². The summed E-state index contributed by atoms with van der Waals surface area (Å²) in [6, 6.07) is 13.7. The van der Waals surface area contributed by atoms with E-state index in [1.807, 2.05) is 29.9 Å². The second-order valence-corrected chi connectivity index (χ2v) is 18.0. The standard InChI is InChI=1S/C47H69N7O8/c1-31(2)36-26-35(52(4)18-9-16-51(3)17-10-19-53(5)42(55)30-62-22-21-61-20-15-48)13-14-38(36)54-39(43-40(59-6)11-8-12-41(43)60-7)27-37(50-54)45(56)49-47-28-32-23-33(29-47)25-34(24-32)44(47)46(57)58/h8,11-14,26-27,31-34,44H,9-10,15-25,28-30,48H2,1-7H3,(H,49,56)(H,57,58). The van der Waals surface area contributed by atoms with Crippen LogP contribution in [0.25, 0.3) is 16.9 Å². The van der Waals surface area contributed by atoms with Crippen LogP contribution in [-0.2, 0) is 19.1 Å². The molecule has 2 aromatic carbocycles. The summed E-state index contributed by atoms with van der Waals surface area (Å²) in [7, 11) is 9.23. The van der Waals surface area contributed by atoms with E-state index in [4.69, 9.17) is 29.8 Å². The molecule has 3 aromatic rings. The van der Waals surface area contributed by atoms with Gasteiger partial charge in [0.2, 0.25) is 5.91 Å². The number of carboxylic acids is 1. The third-order valence-corrected chi connectivity index (χ3v) is 13.2. The molecule has 4 N–H and O–H groups in total. The molecule has 4 aliphatic carbocycles. The molecule has 2 amide bonds. The van der Waals surface area contributed by atoms with Crippen LogP contribution < -0.4 is 25.4 Å². The number of nitrogens with one attached hydrogen (secondary N) is 1. The van der Waals surface area contributed by atoms with E-state index < -0.39 is 17.4 Å². The first kappa shape index (κ1) is 46.8. The number of aliphatic carboxylic acids is 1. The highest BCUT2D eigenvalue weighted by Crippen LogP contribution is 2.58. The van der Waals surface area contributed by atoms with Gasteiger partial charge in [-0.2, -0.15) is 5.10 Å². The average molecular weight is 860 g/mol. The Labute approximate surface area is 367 Å². The number of anilines is 1. The van der Waals surface area contributed by atoms with Gasteiger partial charge in [-0.3, -0.25) is 14.4 Å². The van der Waals surface area contributed by atoms with Crippen molar-refractivity contribution in [3.05, 3.63) is 53.7 Å². The van der Waals surface area contributed by atoms with Crippen LogP contribution in [0.4, 0.5) is 5.69 Å². The molecule has 0 aliphatic heterocycles. The Morgan fingerprint density at radius 1 is 0.903 bits per heavy atom. The Morgan fingerprint density at radius 3 is 2.19 bits per heavy atom. The lowest BCUT2D eigenvalue weighted by atomic mass is 9.48. The molecule has 4 saturated carbocycles. The Hall–Kier alpha value is -4.70. The fraction of sp³-hybridized carbons (Fsp3) is 0.617. The van der Waals surface area contributed by atoms with Gasteiger partial charge in [-0.05, 0) is 131 Å². The minimum absolute atomic E-state index is 0.0417. The Bertz CT molecular complexity index is 1970. The molecule has 62 heavy (non-hydrogen) atoms. The fourth-order valence-electron chi connectivity index (χ4n) is 10.4. The van der Waals surface area contributed by atoms with Gasteiger partial charge in [0.1, 0.15) is 18.1 Å². The molecule has 4 bridgehead atoms. The molecule has 15 heteroatoms. The summed E-state index contributed by atoms with van der Waals surface area (Å²) < 4.78 is 24.3. The van der Waals surface area contributed by atoms with Crippen LogP contribution in [0.3, 0.4) is 0 Å². The maximum Gasteiger partial charge on any atom is 0.309 e. The molecule has 7 rings (SSSR count). The first-order valence-electron chi connectivity index (χ1n) is 22.3. The maximum absolute atomic E-state index is 14.4. The van der Waals surface area contributed by atoms with Crippen LogP contribution in [-0.4, -0.2) is 143 Å². The number of hydrogen-bond acceptors (Lipinski definition) is 11. The molecule has 3 atom stereocenters. The SMILES string of the molecule is COc1cccc(OC)c1-c1cc(C(=O)NC23CC4CC(CC(C4)C2C(=O)O)C3)nn1-c1ccc(N(C)CCCN(C)CCCN(C)C(=O)COCCOCCN)cc1C(C)C. The number of ether oxygens (including phenoxy) is 4. The number of nitrogens with two attached hydrogens (primary N) is 1. The minimum Gasteiger partial charge on any atom is -0.496 e. The number of likely N-dealkylation sites (N-methyl/N-ethyl adjacent to an activating group) is 1. The van der Waals surface area contributed by atoms with Crippen LogP contribution in [0.15, 0.2) is 42.5 Å². The zero-order chi connectivity index (χ0) is 44.6. The number of amides is 2. The Morgan fingerprint density at radius 2 is 1.56 bits per heavy atom. The van der Waals surface area contributed by atoms with Gasteiger partial charge >= 0.3 is 5.97 Å². The predicted octanol–water partition coefficient (Wildman–Crippen LogP) is 5.29. The number of carbonyl (C=O) groups is 3. The highest BCUT2D eigenvalue weighted by atomic mass is 16.5. The van der Waals surface area contributed by atoms with Gasteiger partial charge in [0.15, 0.2) is 5.69 Å². The third-order valence-electron chi connectivity index (χ3n) is 13.2. The molecule has 4 aliphatic rings. The van der Waals surface area contributed by atoms with Crippen molar-refractivity contribution in [1.29, 1.82) is 0 Å². The fourth-order valence-corrected chi connectivity index (χ4v) is 10.4. The molecule has 3 unspecified atom stereocenters. The van der Waals surface area contributed by atoms with E-state index in [9.17, 15) is 19.5 Å². The number of rotatable bonds is 24. The topological polar surface area (TPSA) is 174 Å². The highest BCUT2D eigenvalue weighted by Gasteiger charge is 2.60. The zero-order valence-corrected chi connectivity index (χ0v) is 37.9. The van der Waals surface area contributed by atoms with Crippen molar-refractivity contribution < 1.29 is 38.4 Å². The van der Waals surface area contributed by atoms with E-state index >= 15 is 0 Å². The number of aromatic nitrogens is 2. The molecule has 1 aromatic heterocycles. The molecular formula is C47H69N7O8. The number of carboxylic acid groups (broad SMARTS) is 1. The van der Waals surface area contributed by atoms with Gasteiger partial charge in [-0.25, -0.2) is 4.68 Å². The second-order valence-electron chi connectivity index (χ2n) is 18.0. The van der Waals surface area contributed by atoms with Crippen LogP contribution in [0.2, 0.25) is 0 Å². The molecule has 15 nitrogen and oxygen atoms in total. The first-order chi connectivity index (χ1) is 29.8. The second kappa shape index (κ2) is 21.1. The van der Waals surface area contributed by atoms with E-state index in [-0.39, 0.29) is 36.0 Å². The first-order valence-corrected chi connectivity index (χ1v) is 22.3. The summed E-state index contributed by atoms with van der Waals surface area (Å²) in [6.07, 6.45) is 6.13. The summed E-state index contributed by atoms with van der Waals surface area (Å²) >= 11 is 0. The van der Waals surface area contributed by atoms with Crippen LogP contribution >= 0.6 is 0 Å². The number of methoxy groups -OCH3 is 2. The molecule has 340 valence electrons. The van der Waals surface area contributed by atoms with Gasteiger partial charge < -0.3 is 49.8 Å². The lowest BCUT2D eigenvalue weighted by Crippen LogP contribution is -2.67. The summed E-state index contributed by atoms with van der Waals surface area (Å²) in [6.45, 7) is 9.34. The Kier molecular flexibility index (Phi) is 15.9. The van der Waals surface area contributed by atoms with Gasteiger partial charge in [-0.1, -0.05) is 19.9 Å². The lowest BCUT2D eigenvalue weighted by Gasteiger charge is -2.59. The number of carbonyl (C=O) groups excluding carboxylic acids is 2. The number of nitrogens with zero attached hydrogens (tertiary/aromatic N) is 5. The molecule has 0 radical (unpaired) electrons. The van der Waals surface area contributed by atoms with Crippen molar-refractivity contribution in [3.63, 3.8) is 0 Å². The van der Waals surface area contributed by atoms with E-state index in [1.165, 1.54) is 0 Å². The minimum atomic E-state index is -0.824. The van der Waals surface area contributed by atoms with Crippen LogP contribution in [0.1, 0.15) is 80.8 Å². The van der Waals surface area contributed by atoms with Crippen molar-refractivity contribution in [2.45, 2.75) is 70.3 Å². The van der Waals surface area contributed by atoms with Gasteiger partial charge in [0, 0.05) is 39.4 Å². The lowest BCUT2D eigenvalue weighted by molar-refractivity contribution is -0.159. The van der Waals surface area contributed by atoms with E-state index in [0.717, 1.165) is 68.7 Å². The smallest absolute Gasteiger partial charge is 0.309 e. The third kappa shape index (κ3) is 10.7. The molecule has 4 fully saturated rings. The summed E-state index contributed by atoms with van der Waals surface area (Å²) in [4.78, 5) is 45.9. The Balaban J connectivity index is 1.16. The molecule has 0 spiro atoms. The highest BCUT2D eigenvalue weighted by molar-refractivity contribution is 5.95. The largest absolute Gasteiger partial charge is 0.496 e. The maximum atomic E-state index is 14.4. The van der Waals surface area contributed by atoms with Crippen molar-refractivity contribution in [3.8, 4) is 28.4 Å². The van der Waals surface area contributed by atoms with E-state index in [2.05, 4.69) is 61.3 Å². The van der Waals surface area contributed by atoms with Crippen molar-refractivity contribution in [1.82, 2.24) is 24.9 Å². The summed E-state index contributed by atoms with van der Waals surface area (Å²) in [5.41, 5.74) is 9.06. The van der Waals surface area contributed by atoms with Gasteiger partial charge in [-0.15, -0.1) is 0 Å².